The molecule has 19 heavy (non-hydrogen) atoms. The Morgan fingerprint density at radius 1 is 1.26 bits per heavy atom. The molecule has 0 aromatic heterocycles. The molecule has 1 atom stereocenters. The van der Waals surface area contributed by atoms with Gasteiger partial charge in [0.2, 0.25) is 5.72 Å². The predicted molar refractivity (Wildman–Crippen MR) is 75.2 cm³/mol. The summed E-state index contributed by atoms with van der Waals surface area (Å²) in [7, 11) is 1.40. The number of aromatic hydroxyl groups is 2. The number of nitriles is 1. The van der Waals surface area contributed by atoms with Gasteiger partial charge >= 0.3 is 0 Å². The highest BCUT2D eigenvalue weighted by Crippen LogP contribution is 2.37. The first-order valence-corrected chi connectivity index (χ1v) is 9.34. The van der Waals surface area contributed by atoms with Gasteiger partial charge < -0.3 is 14.6 Å². The second kappa shape index (κ2) is 5.21. The fourth-order valence-corrected chi connectivity index (χ4v) is 3.04. The minimum absolute atomic E-state index is 0.0557. The molecule has 104 valence electrons. The van der Waals surface area contributed by atoms with Crippen LogP contribution in [0.3, 0.4) is 0 Å². The molecule has 0 fully saturated rings. The van der Waals surface area contributed by atoms with Gasteiger partial charge in [0.25, 0.3) is 0 Å². The maximum Gasteiger partial charge on any atom is 0.231 e. The first-order valence-electron chi connectivity index (χ1n) is 5.94. The highest BCUT2D eigenvalue weighted by atomic mass is 28.4. The van der Waals surface area contributed by atoms with E-state index in [-0.39, 0.29) is 11.5 Å². The molecule has 0 saturated carbocycles. The third-order valence-corrected chi connectivity index (χ3v) is 3.49. The topological polar surface area (TPSA) is 76.7 Å². The molecule has 0 heterocycles. The number of nitrogens with zero attached hydrogens (tertiary/aromatic N) is 2. The van der Waals surface area contributed by atoms with E-state index in [1.54, 1.807) is 19.0 Å². The third kappa shape index (κ3) is 3.26. The second-order valence-electron chi connectivity index (χ2n) is 5.57. The maximum absolute atomic E-state index is 10.0. The van der Waals surface area contributed by atoms with Crippen LogP contribution in [0.25, 0.3) is 0 Å². The molecule has 1 aromatic rings. The zero-order valence-corrected chi connectivity index (χ0v) is 12.9. The summed E-state index contributed by atoms with van der Waals surface area (Å²) in [6, 6.07) is 6.29. The molecule has 1 unspecified atom stereocenters. The van der Waals surface area contributed by atoms with Crippen LogP contribution >= 0.6 is 0 Å². The van der Waals surface area contributed by atoms with E-state index in [1.165, 1.54) is 18.2 Å². The molecule has 0 spiro atoms. The van der Waals surface area contributed by atoms with Crippen LogP contribution < -0.4 is 0 Å². The van der Waals surface area contributed by atoms with Crippen LogP contribution in [-0.4, -0.2) is 37.5 Å². The Labute approximate surface area is 114 Å². The van der Waals surface area contributed by atoms with E-state index < -0.39 is 14.0 Å². The smallest absolute Gasteiger partial charge is 0.231 e. The summed E-state index contributed by atoms with van der Waals surface area (Å²) in [4.78, 5) is 1.62. The lowest BCUT2D eigenvalue weighted by atomic mass is 10.0. The van der Waals surface area contributed by atoms with Crippen LogP contribution in [-0.2, 0) is 10.2 Å². The van der Waals surface area contributed by atoms with Crippen LogP contribution in [0.15, 0.2) is 18.2 Å². The second-order valence-corrected chi connectivity index (χ2v) is 10.00. The van der Waals surface area contributed by atoms with Crippen molar-refractivity contribution in [3.8, 4) is 17.6 Å². The van der Waals surface area contributed by atoms with Crippen molar-refractivity contribution in [3.05, 3.63) is 23.8 Å². The van der Waals surface area contributed by atoms with Crippen LogP contribution in [0.2, 0.25) is 19.6 Å². The number of benzene rings is 1. The molecule has 0 aliphatic heterocycles. The van der Waals surface area contributed by atoms with E-state index in [0.29, 0.717) is 5.56 Å². The summed E-state index contributed by atoms with van der Waals surface area (Å²) in [5.74, 6) is -0.214. The Hall–Kier alpha value is -1.55. The van der Waals surface area contributed by atoms with E-state index in [9.17, 15) is 15.5 Å². The van der Waals surface area contributed by atoms with Gasteiger partial charge in [-0.15, -0.1) is 0 Å². The van der Waals surface area contributed by atoms with Crippen molar-refractivity contribution in [2.45, 2.75) is 25.4 Å². The van der Waals surface area contributed by atoms with Crippen LogP contribution in [0.1, 0.15) is 5.56 Å². The highest BCUT2D eigenvalue weighted by Gasteiger charge is 2.42. The van der Waals surface area contributed by atoms with Gasteiger partial charge in [-0.1, -0.05) is 0 Å². The molecule has 1 rings (SSSR count). The molecule has 0 aliphatic carbocycles. The van der Waals surface area contributed by atoms with Gasteiger partial charge in [0.05, 0.1) is 5.56 Å². The summed E-state index contributed by atoms with van der Waals surface area (Å²) in [5.41, 5.74) is -1.03. The highest BCUT2D eigenvalue weighted by molar-refractivity contribution is 6.69. The van der Waals surface area contributed by atoms with E-state index >= 15 is 0 Å². The lowest BCUT2D eigenvalue weighted by Gasteiger charge is -2.38. The van der Waals surface area contributed by atoms with Crippen molar-refractivity contribution in [3.63, 3.8) is 0 Å². The summed E-state index contributed by atoms with van der Waals surface area (Å²) < 4.78 is 6.00. The molecule has 0 amide bonds. The van der Waals surface area contributed by atoms with E-state index in [0.717, 1.165) is 0 Å². The zero-order chi connectivity index (χ0) is 14.8. The summed E-state index contributed by atoms with van der Waals surface area (Å²) in [5, 5.41) is 28.9. The van der Waals surface area contributed by atoms with Crippen molar-refractivity contribution in [1.82, 2.24) is 4.90 Å². The molecule has 0 bridgehead atoms. The Morgan fingerprint density at radius 3 is 2.21 bits per heavy atom. The maximum atomic E-state index is 10.0. The van der Waals surface area contributed by atoms with Crippen molar-refractivity contribution in [2.75, 3.05) is 14.1 Å². The monoisotopic (exact) mass is 280 g/mol. The minimum atomic E-state index is -2.03. The molecular formula is C13H20N2O3Si. The fraction of sp³-hybridized carbons (Fsp3) is 0.462. The van der Waals surface area contributed by atoms with Crippen molar-refractivity contribution in [2.24, 2.45) is 0 Å². The van der Waals surface area contributed by atoms with Crippen LogP contribution in [0.4, 0.5) is 0 Å². The average molecular weight is 280 g/mol. The molecule has 5 nitrogen and oxygen atoms in total. The summed E-state index contributed by atoms with van der Waals surface area (Å²) >= 11 is 0. The van der Waals surface area contributed by atoms with Gasteiger partial charge in [0.1, 0.15) is 17.6 Å². The van der Waals surface area contributed by atoms with Gasteiger partial charge in [0.15, 0.2) is 8.32 Å². The van der Waals surface area contributed by atoms with E-state index in [2.05, 4.69) is 6.07 Å². The summed E-state index contributed by atoms with van der Waals surface area (Å²) in [6.07, 6.45) is 0. The average Bonchev–Trinajstić information content (AvgIpc) is 2.24. The van der Waals surface area contributed by atoms with Crippen molar-refractivity contribution < 1.29 is 14.6 Å². The third-order valence-electron chi connectivity index (χ3n) is 2.58. The number of rotatable bonds is 4. The largest absolute Gasteiger partial charge is 0.508 e. The Kier molecular flexibility index (Phi) is 4.25. The van der Waals surface area contributed by atoms with Crippen LogP contribution in [0.5, 0.6) is 11.5 Å². The van der Waals surface area contributed by atoms with Gasteiger partial charge in [0, 0.05) is 6.07 Å². The first-order chi connectivity index (χ1) is 8.62. The molecule has 0 radical (unpaired) electrons. The van der Waals surface area contributed by atoms with Crippen LogP contribution in [0, 0.1) is 11.3 Å². The number of hydrogen-bond acceptors (Lipinski definition) is 5. The number of phenolic OH excluding ortho intramolecular Hbond substituents is 2. The lowest BCUT2D eigenvalue weighted by molar-refractivity contribution is -0.0196. The molecule has 2 N–H and O–H groups in total. The first kappa shape index (κ1) is 15.5. The zero-order valence-electron chi connectivity index (χ0n) is 11.9. The minimum Gasteiger partial charge on any atom is -0.508 e. The standard InChI is InChI=1S/C13H20N2O3Si/c1-15(2)13(9-14,18-19(3,4)5)11-7-6-10(16)8-12(11)17/h6-8,16-17H,1-5H3. The normalized spacial score (nSPS) is 15.0. The summed E-state index contributed by atoms with van der Waals surface area (Å²) in [6.45, 7) is 5.92. The fourth-order valence-electron chi connectivity index (χ4n) is 1.82. The quantitative estimate of drug-likeness (QED) is 0.653. The van der Waals surface area contributed by atoms with Gasteiger partial charge in [-0.25, -0.2) is 0 Å². The van der Waals surface area contributed by atoms with Gasteiger partial charge in [-0.05, 0) is 45.9 Å². The SMILES string of the molecule is CN(C)C(C#N)(O[Si](C)(C)C)c1ccc(O)cc1O. The molecule has 0 aliphatic rings. The molecule has 1 aromatic carbocycles. The predicted octanol–water partition coefficient (Wildman–Crippen LogP) is 2.19. The molecule has 0 saturated heterocycles. The Balaban J connectivity index is 3.44. The molecular weight excluding hydrogens is 260 g/mol. The molecule has 6 heteroatoms. The van der Waals surface area contributed by atoms with Crippen molar-refractivity contribution >= 4 is 8.32 Å². The van der Waals surface area contributed by atoms with E-state index in [4.69, 9.17) is 4.43 Å². The van der Waals surface area contributed by atoms with Gasteiger partial charge in [-0.3, -0.25) is 4.90 Å². The van der Waals surface area contributed by atoms with Gasteiger partial charge in [-0.2, -0.15) is 5.26 Å². The lowest BCUT2D eigenvalue weighted by Crippen LogP contribution is -2.49. The van der Waals surface area contributed by atoms with Crippen molar-refractivity contribution in [1.29, 1.82) is 5.26 Å². The Bertz CT molecular complexity index is 506. The number of hydrogen-bond donors (Lipinski definition) is 2. The number of phenols is 2. The van der Waals surface area contributed by atoms with E-state index in [1.807, 2.05) is 19.6 Å². The Morgan fingerprint density at radius 2 is 1.84 bits per heavy atom.